The van der Waals surface area contributed by atoms with Crippen LogP contribution in [0.1, 0.15) is 24.8 Å². The van der Waals surface area contributed by atoms with E-state index in [-0.39, 0.29) is 20.9 Å². The second-order valence-corrected chi connectivity index (χ2v) is 6.52. The van der Waals surface area contributed by atoms with Crippen molar-refractivity contribution in [1.29, 1.82) is 0 Å². The fraction of sp³-hybridized carbons (Fsp3) is 0.333. The van der Waals surface area contributed by atoms with Crippen LogP contribution in [-0.2, 0) is 0 Å². The predicted octanol–water partition coefficient (Wildman–Crippen LogP) is 3.33. The molecule has 0 aromatic heterocycles. The van der Waals surface area contributed by atoms with Crippen LogP contribution in [0.25, 0.3) is 3.62 Å². The second-order valence-electron chi connectivity index (χ2n) is 3.28. The molecule has 68 valence electrons. The standard InChI is InChI=1S/C12H14Te/c1-3-7-11(8-4-1)12-9-5-2-6-10-13-12/h1,3-4,7-9H,2,5-6,10H2. The molecule has 0 atom stereocenters. The Hall–Kier alpha value is -0.250. The Morgan fingerprint density at radius 3 is 2.69 bits per heavy atom. The van der Waals surface area contributed by atoms with Crippen LogP contribution in [0.2, 0.25) is 4.47 Å². The molecule has 1 heterocycles. The zero-order valence-corrected chi connectivity index (χ0v) is 10.0. The minimum atomic E-state index is 0.128. The summed E-state index contributed by atoms with van der Waals surface area (Å²) in [5, 5.41) is 0. The van der Waals surface area contributed by atoms with Crippen LogP contribution >= 0.6 is 0 Å². The summed E-state index contributed by atoms with van der Waals surface area (Å²) >= 11 is 0.128. The van der Waals surface area contributed by atoms with E-state index in [9.17, 15) is 0 Å². The zero-order chi connectivity index (χ0) is 8.93. The summed E-state index contributed by atoms with van der Waals surface area (Å²) in [6.45, 7) is 0. The van der Waals surface area contributed by atoms with Gasteiger partial charge in [-0.25, -0.2) is 0 Å². The molecule has 1 aliphatic rings. The molecular weight excluding hydrogens is 272 g/mol. The van der Waals surface area contributed by atoms with Crippen molar-refractivity contribution < 1.29 is 0 Å². The summed E-state index contributed by atoms with van der Waals surface area (Å²) in [6, 6.07) is 10.9. The quantitative estimate of drug-likeness (QED) is 0.695. The fourth-order valence-corrected chi connectivity index (χ4v) is 4.68. The third-order valence-electron chi connectivity index (χ3n) is 2.24. The van der Waals surface area contributed by atoms with Crippen LogP contribution in [0.5, 0.6) is 0 Å². The molecule has 0 spiro atoms. The topological polar surface area (TPSA) is 0 Å². The van der Waals surface area contributed by atoms with Gasteiger partial charge in [-0.05, 0) is 0 Å². The molecule has 1 heteroatoms. The molecule has 0 saturated heterocycles. The maximum absolute atomic E-state index is 2.48. The molecule has 0 N–H and O–H groups in total. The van der Waals surface area contributed by atoms with E-state index in [1.807, 2.05) is 0 Å². The first-order chi connectivity index (χ1) is 6.47. The van der Waals surface area contributed by atoms with Gasteiger partial charge >= 0.3 is 90.2 Å². The molecule has 0 saturated carbocycles. The van der Waals surface area contributed by atoms with Crippen molar-refractivity contribution >= 4 is 24.5 Å². The van der Waals surface area contributed by atoms with Crippen LogP contribution in [0.15, 0.2) is 36.4 Å². The van der Waals surface area contributed by atoms with Crippen LogP contribution in [0.4, 0.5) is 0 Å². The van der Waals surface area contributed by atoms with Gasteiger partial charge in [0.25, 0.3) is 0 Å². The van der Waals surface area contributed by atoms with E-state index in [1.165, 1.54) is 29.3 Å². The Labute approximate surface area is 90.1 Å². The molecule has 0 aliphatic carbocycles. The van der Waals surface area contributed by atoms with Gasteiger partial charge in [0.05, 0.1) is 0 Å². The van der Waals surface area contributed by atoms with Crippen molar-refractivity contribution in [1.82, 2.24) is 0 Å². The SMILES string of the molecule is C1=C(c2ccccc2)[Te]CCCC1. The summed E-state index contributed by atoms with van der Waals surface area (Å²) in [6.07, 6.45) is 6.63. The number of hydrogen-bond donors (Lipinski definition) is 0. The number of benzene rings is 1. The Bertz CT molecular complexity index is 287. The number of hydrogen-bond acceptors (Lipinski definition) is 0. The van der Waals surface area contributed by atoms with Gasteiger partial charge in [-0.3, -0.25) is 0 Å². The zero-order valence-electron chi connectivity index (χ0n) is 7.70. The first-order valence-corrected chi connectivity index (χ1v) is 7.66. The van der Waals surface area contributed by atoms with E-state index in [4.69, 9.17) is 0 Å². The van der Waals surface area contributed by atoms with Crippen molar-refractivity contribution in [2.75, 3.05) is 0 Å². The van der Waals surface area contributed by atoms with E-state index in [1.54, 1.807) is 3.62 Å². The van der Waals surface area contributed by atoms with Crippen molar-refractivity contribution in [2.45, 2.75) is 23.7 Å². The molecule has 1 aromatic rings. The van der Waals surface area contributed by atoms with Crippen molar-refractivity contribution in [3.63, 3.8) is 0 Å². The Morgan fingerprint density at radius 2 is 1.85 bits per heavy atom. The molecule has 0 nitrogen and oxygen atoms in total. The normalized spacial score (nSPS) is 17.7. The average Bonchev–Trinajstić information content (AvgIpc) is 2.47. The molecule has 0 bridgehead atoms. The van der Waals surface area contributed by atoms with Gasteiger partial charge in [0.2, 0.25) is 0 Å². The second kappa shape index (κ2) is 4.84. The molecule has 0 fully saturated rings. The van der Waals surface area contributed by atoms with Gasteiger partial charge in [0.15, 0.2) is 0 Å². The average molecular weight is 286 g/mol. The van der Waals surface area contributed by atoms with Crippen LogP contribution in [-0.4, -0.2) is 20.9 Å². The van der Waals surface area contributed by atoms with E-state index >= 15 is 0 Å². The molecule has 0 amide bonds. The Morgan fingerprint density at radius 1 is 1.00 bits per heavy atom. The summed E-state index contributed by atoms with van der Waals surface area (Å²) in [4.78, 5) is 0. The van der Waals surface area contributed by atoms with Crippen LogP contribution < -0.4 is 0 Å². The monoisotopic (exact) mass is 288 g/mol. The predicted molar refractivity (Wildman–Crippen MR) is 58.8 cm³/mol. The van der Waals surface area contributed by atoms with Gasteiger partial charge in [0.1, 0.15) is 0 Å². The minimum absolute atomic E-state index is 0.128. The Balaban J connectivity index is 2.19. The molecular formula is C12H14Te. The summed E-state index contributed by atoms with van der Waals surface area (Å²) in [5.41, 5.74) is 1.48. The first kappa shape index (κ1) is 9.31. The van der Waals surface area contributed by atoms with Crippen LogP contribution in [0, 0.1) is 0 Å². The summed E-state index contributed by atoms with van der Waals surface area (Å²) in [5.74, 6) is 0. The number of allylic oxidation sites excluding steroid dienone is 1. The molecule has 13 heavy (non-hydrogen) atoms. The molecule has 0 unspecified atom stereocenters. The maximum atomic E-state index is 2.48. The molecule has 1 aliphatic heterocycles. The third-order valence-corrected chi connectivity index (χ3v) is 5.69. The van der Waals surface area contributed by atoms with Crippen LogP contribution in [0.3, 0.4) is 0 Å². The fourth-order valence-electron chi connectivity index (χ4n) is 1.52. The van der Waals surface area contributed by atoms with Gasteiger partial charge in [-0.15, -0.1) is 0 Å². The van der Waals surface area contributed by atoms with Crippen molar-refractivity contribution in [3.8, 4) is 0 Å². The molecule has 2 rings (SSSR count). The van der Waals surface area contributed by atoms with Gasteiger partial charge in [0, 0.05) is 0 Å². The van der Waals surface area contributed by atoms with E-state index in [0.717, 1.165) is 0 Å². The van der Waals surface area contributed by atoms with E-state index in [2.05, 4.69) is 36.4 Å². The van der Waals surface area contributed by atoms with Gasteiger partial charge in [-0.1, -0.05) is 0 Å². The third kappa shape index (κ3) is 2.59. The summed E-state index contributed by atoms with van der Waals surface area (Å²) < 4.78 is 3.18. The van der Waals surface area contributed by atoms with Crippen molar-refractivity contribution in [2.24, 2.45) is 0 Å². The molecule has 0 radical (unpaired) electrons. The van der Waals surface area contributed by atoms with Gasteiger partial charge < -0.3 is 0 Å². The summed E-state index contributed by atoms with van der Waals surface area (Å²) in [7, 11) is 0. The van der Waals surface area contributed by atoms with E-state index in [0.29, 0.717) is 0 Å². The molecule has 1 aromatic carbocycles. The Kier molecular flexibility index (Phi) is 3.47. The first-order valence-electron chi connectivity index (χ1n) is 4.85. The van der Waals surface area contributed by atoms with Gasteiger partial charge in [-0.2, -0.15) is 0 Å². The number of rotatable bonds is 1. The van der Waals surface area contributed by atoms with E-state index < -0.39 is 0 Å². The van der Waals surface area contributed by atoms with Crippen molar-refractivity contribution in [3.05, 3.63) is 42.0 Å².